The number of carbonyl (C=O) groups excluding carboxylic acids is 1. The Morgan fingerprint density at radius 1 is 0.970 bits per heavy atom. The average molecular weight is 442 g/mol. The molecule has 0 spiro atoms. The summed E-state index contributed by atoms with van der Waals surface area (Å²) in [4.78, 5) is 30.0. The summed E-state index contributed by atoms with van der Waals surface area (Å²) in [5.41, 5.74) is 3.19. The topological polar surface area (TPSA) is 54.8 Å². The first-order chi connectivity index (χ1) is 16.1. The molecule has 0 radical (unpaired) electrons. The normalized spacial score (nSPS) is 14.1. The Bertz CT molecular complexity index is 1400. The molecule has 4 aromatic rings. The van der Waals surface area contributed by atoms with Crippen LogP contribution in [0.3, 0.4) is 0 Å². The standard InChI is InChI=1S/C27H27N3O3/c1-3-30-24-11-10-22(17-23(24)25(18-26(30)31)29-12-14-33-15-13-29)28(2)27(32)21-9-8-19-6-4-5-7-20(19)16-21/h4-11,16-18H,3,12-15H2,1-2H3. The lowest BCUT2D eigenvalue weighted by atomic mass is 10.1. The van der Waals surface area contributed by atoms with Crippen molar-refractivity contribution < 1.29 is 9.53 Å². The van der Waals surface area contributed by atoms with Crippen LogP contribution in [0.4, 0.5) is 11.4 Å². The molecule has 1 aliphatic heterocycles. The van der Waals surface area contributed by atoms with Gasteiger partial charge in [0.2, 0.25) is 0 Å². The van der Waals surface area contributed by atoms with Crippen LogP contribution in [0.1, 0.15) is 17.3 Å². The number of aryl methyl sites for hydroxylation is 1. The van der Waals surface area contributed by atoms with Crippen molar-refractivity contribution in [1.82, 2.24) is 4.57 Å². The third-order valence-corrected chi connectivity index (χ3v) is 6.43. The van der Waals surface area contributed by atoms with E-state index in [2.05, 4.69) is 4.90 Å². The molecule has 1 saturated heterocycles. The highest BCUT2D eigenvalue weighted by Gasteiger charge is 2.19. The van der Waals surface area contributed by atoms with Crippen molar-refractivity contribution in [2.45, 2.75) is 13.5 Å². The summed E-state index contributed by atoms with van der Waals surface area (Å²) in [6.45, 7) is 5.31. The second-order valence-corrected chi connectivity index (χ2v) is 8.34. The zero-order valence-electron chi connectivity index (χ0n) is 19.0. The molecule has 1 aliphatic rings. The number of rotatable bonds is 4. The molecule has 0 aliphatic carbocycles. The van der Waals surface area contributed by atoms with Crippen LogP contribution in [0.2, 0.25) is 0 Å². The first-order valence-corrected chi connectivity index (χ1v) is 11.3. The van der Waals surface area contributed by atoms with Gasteiger partial charge in [-0.1, -0.05) is 30.3 Å². The second kappa shape index (κ2) is 8.71. The van der Waals surface area contributed by atoms with E-state index < -0.39 is 0 Å². The third kappa shape index (κ3) is 3.87. The lowest BCUT2D eigenvalue weighted by molar-refractivity contribution is 0.0993. The molecule has 0 atom stereocenters. The van der Waals surface area contributed by atoms with Gasteiger partial charge < -0.3 is 19.1 Å². The molecule has 5 rings (SSSR count). The SMILES string of the molecule is CCn1c(=O)cc(N2CCOCC2)c2cc(N(C)C(=O)c3ccc4ccccc4c3)ccc21. The lowest BCUT2D eigenvalue weighted by Crippen LogP contribution is -2.37. The monoisotopic (exact) mass is 441 g/mol. The predicted molar refractivity (Wildman–Crippen MR) is 134 cm³/mol. The largest absolute Gasteiger partial charge is 0.378 e. The number of pyridine rings is 1. The van der Waals surface area contributed by atoms with Gasteiger partial charge in [0.1, 0.15) is 0 Å². The Morgan fingerprint density at radius 3 is 2.48 bits per heavy atom. The number of hydrogen-bond acceptors (Lipinski definition) is 4. The van der Waals surface area contributed by atoms with E-state index in [1.54, 1.807) is 22.6 Å². The van der Waals surface area contributed by atoms with Crippen LogP contribution >= 0.6 is 0 Å². The Hall–Kier alpha value is -3.64. The molecule has 1 fully saturated rings. The first kappa shape index (κ1) is 21.2. The minimum atomic E-state index is -0.0724. The summed E-state index contributed by atoms with van der Waals surface area (Å²) < 4.78 is 7.28. The number of morpholine rings is 1. The van der Waals surface area contributed by atoms with Crippen LogP contribution in [-0.2, 0) is 11.3 Å². The maximum absolute atomic E-state index is 13.3. The summed E-state index contributed by atoms with van der Waals surface area (Å²) in [6, 6.07) is 21.4. The first-order valence-electron chi connectivity index (χ1n) is 11.3. The quantitative estimate of drug-likeness (QED) is 0.474. The summed E-state index contributed by atoms with van der Waals surface area (Å²) in [5, 5.41) is 3.11. The number of amides is 1. The number of fused-ring (bicyclic) bond motifs is 2. The smallest absolute Gasteiger partial charge is 0.258 e. The molecule has 6 nitrogen and oxygen atoms in total. The van der Waals surface area contributed by atoms with Crippen molar-refractivity contribution in [3.05, 3.63) is 82.6 Å². The van der Waals surface area contributed by atoms with Crippen LogP contribution in [-0.4, -0.2) is 43.8 Å². The van der Waals surface area contributed by atoms with Crippen LogP contribution in [0.5, 0.6) is 0 Å². The predicted octanol–water partition coefficient (Wildman–Crippen LogP) is 4.29. The number of hydrogen-bond donors (Lipinski definition) is 0. The van der Waals surface area contributed by atoms with Crippen molar-refractivity contribution >= 4 is 39.0 Å². The fraction of sp³-hybridized carbons (Fsp3) is 0.259. The molecule has 0 bridgehead atoms. The van der Waals surface area contributed by atoms with E-state index in [1.165, 1.54) is 0 Å². The minimum absolute atomic E-state index is 0.0140. The van der Waals surface area contributed by atoms with Gasteiger partial charge in [-0.15, -0.1) is 0 Å². The lowest BCUT2D eigenvalue weighted by Gasteiger charge is -2.30. The molecular formula is C27H27N3O3. The van der Waals surface area contributed by atoms with Gasteiger partial charge >= 0.3 is 0 Å². The number of carbonyl (C=O) groups is 1. The molecule has 1 aromatic heterocycles. The van der Waals surface area contributed by atoms with Gasteiger partial charge in [0, 0.05) is 49.4 Å². The Kier molecular flexibility index (Phi) is 5.60. The van der Waals surface area contributed by atoms with E-state index in [9.17, 15) is 9.59 Å². The van der Waals surface area contributed by atoms with E-state index in [-0.39, 0.29) is 11.5 Å². The number of anilines is 2. The summed E-state index contributed by atoms with van der Waals surface area (Å²) in [5.74, 6) is -0.0724. The highest BCUT2D eigenvalue weighted by atomic mass is 16.5. The fourth-order valence-electron chi connectivity index (χ4n) is 4.59. The van der Waals surface area contributed by atoms with Gasteiger partial charge in [-0.2, -0.15) is 0 Å². The van der Waals surface area contributed by atoms with Crippen molar-refractivity contribution in [1.29, 1.82) is 0 Å². The molecule has 0 saturated carbocycles. The van der Waals surface area contributed by atoms with Gasteiger partial charge in [-0.05, 0) is 48.0 Å². The third-order valence-electron chi connectivity index (χ3n) is 6.43. The zero-order valence-corrected chi connectivity index (χ0v) is 19.0. The molecule has 1 amide bonds. The molecule has 3 aromatic carbocycles. The van der Waals surface area contributed by atoms with E-state index in [0.29, 0.717) is 25.3 Å². The van der Waals surface area contributed by atoms with Crippen molar-refractivity contribution in [3.63, 3.8) is 0 Å². The molecule has 168 valence electrons. The maximum atomic E-state index is 13.3. The van der Waals surface area contributed by atoms with E-state index in [1.807, 2.05) is 67.6 Å². The number of aromatic nitrogens is 1. The van der Waals surface area contributed by atoms with Crippen LogP contribution in [0, 0.1) is 0 Å². The Morgan fingerprint density at radius 2 is 1.73 bits per heavy atom. The van der Waals surface area contributed by atoms with Crippen LogP contribution in [0.25, 0.3) is 21.7 Å². The van der Waals surface area contributed by atoms with Crippen molar-refractivity contribution in [2.24, 2.45) is 0 Å². The highest BCUT2D eigenvalue weighted by Crippen LogP contribution is 2.30. The summed E-state index contributed by atoms with van der Waals surface area (Å²) in [6.07, 6.45) is 0. The highest BCUT2D eigenvalue weighted by molar-refractivity contribution is 6.09. The average Bonchev–Trinajstić information content (AvgIpc) is 2.87. The number of ether oxygens (including phenoxy) is 1. The van der Waals surface area contributed by atoms with Gasteiger partial charge in [0.25, 0.3) is 11.5 Å². The van der Waals surface area contributed by atoms with Gasteiger partial charge in [-0.3, -0.25) is 9.59 Å². The fourth-order valence-corrected chi connectivity index (χ4v) is 4.59. The Labute approximate surface area is 192 Å². The van der Waals surface area contributed by atoms with Crippen LogP contribution in [0.15, 0.2) is 71.5 Å². The molecule has 2 heterocycles. The van der Waals surface area contributed by atoms with Crippen molar-refractivity contribution in [3.8, 4) is 0 Å². The number of nitrogens with zero attached hydrogens (tertiary/aromatic N) is 3. The molecule has 0 N–H and O–H groups in total. The molecule has 33 heavy (non-hydrogen) atoms. The van der Waals surface area contributed by atoms with Crippen molar-refractivity contribution in [2.75, 3.05) is 43.2 Å². The van der Waals surface area contributed by atoms with Gasteiger partial charge in [-0.25, -0.2) is 0 Å². The Balaban J connectivity index is 1.57. The van der Waals surface area contributed by atoms with Crippen LogP contribution < -0.4 is 15.4 Å². The summed E-state index contributed by atoms with van der Waals surface area (Å²) in [7, 11) is 1.79. The molecule has 0 unspecified atom stereocenters. The zero-order chi connectivity index (χ0) is 22.9. The van der Waals surface area contributed by atoms with E-state index >= 15 is 0 Å². The summed E-state index contributed by atoms with van der Waals surface area (Å²) >= 11 is 0. The minimum Gasteiger partial charge on any atom is -0.378 e. The van der Waals surface area contributed by atoms with E-state index in [4.69, 9.17) is 4.74 Å². The molecule has 6 heteroatoms. The number of benzene rings is 3. The molecular weight excluding hydrogens is 414 g/mol. The van der Waals surface area contributed by atoms with Gasteiger partial charge in [0.15, 0.2) is 0 Å². The van der Waals surface area contributed by atoms with E-state index in [0.717, 1.165) is 46.1 Å². The van der Waals surface area contributed by atoms with Gasteiger partial charge in [0.05, 0.1) is 24.4 Å². The maximum Gasteiger partial charge on any atom is 0.258 e. The second-order valence-electron chi connectivity index (χ2n) is 8.34.